The van der Waals surface area contributed by atoms with Crippen molar-refractivity contribution in [3.8, 4) is 22.8 Å². The van der Waals surface area contributed by atoms with E-state index in [1.807, 2.05) is 28.8 Å². The van der Waals surface area contributed by atoms with Crippen molar-refractivity contribution in [2.45, 2.75) is 56.6 Å². The summed E-state index contributed by atoms with van der Waals surface area (Å²) in [6, 6.07) is 16.4. The average Bonchev–Trinajstić information content (AvgIpc) is 3.24. The first-order chi connectivity index (χ1) is 15.7. The molecule has 4 rings (SSSR count). The first kappa shape index (κ1) is 22.4. The van der Waals surface area contributed by atoms with Gasteiger partial charge < -0.3 is 10.1 Å². The van der Waals surface area contributed by atoms with Crippen LogP contribution in [0.5, 0.6) is 5.75 Å². The van der Waals surface area contributed by atoms with Crippen molar-refractivity contribution in [2.75, 3.05) is 12.9 Å². The minimum Gasteiger partial charge on any atom is -0.496 e. The number of carbonyl (C=O) groups is 1. The number of para-hydroxylation sites is 1. The topological polar surface area (TPSA) is 69.0 Å². The van der Waals surface area contributed by atoms with Gasteiger partial charge in [0, 0.05) is 23.9 Å². The number of amides is 1. The molecule has 1 saturated carbocycles. The highest BCUT2D eigenvalue weighted by Gasteiger charge is 2.20. The van der Waals surface area contributed by atoms with E-state index in [-0.39, 0.29) is 5.91 Å². The predicted molar refractivity (Wildman–Crippen MR) is 128 cm³/mol. The van der Waals surface area contributed by atoms with Crippen LogP contribution in [0.4, 0.5) is 0 Å². The fraction of sp³-hybridized carbons (Fsp3) is 0.400. The van der Waals surface area contributed by atoms with E-state index in [4.69, 9.17) is 4.74 Å². The quantitative estimate of drug-likeness (QED) is 0.479. The fourth-order valence-electron chi connectivity index (χ4n) is 4.08. The molecule has 0 spiro atoms. The highest BCUT2D eigenvalue weighted by molar-refractivity contribution is 7.99. The monoisotopic (exact) mass is 450 g/mol. The Kier molecular flexibility index (Phi) is 7.47. The number of rotatable bonds is 8. The summed E-state index contributed by atoms with van der Waals surface area (Å²) in [5.74, 6) is 2.24. The van der Waals surface area contributed by atoms with Crippen molar-refractivity contribution in [1.82, 2.24) is 20.1 Å². The van der Waals surface area contributed by atoms with Crippen LogP contribution < -0.4 is 10.1 Å². The molecule has 2 aromatic carbocycles. The number of ether oxygens (including phenoxy) is 1. The smallest absolute Gasteiger partial charge is 0.221 e. The highest BCUT2D eigenvalue weighted by atomic mass is 32.2. The maximum absolute atomic E-state index is 12.4. The second-order valence-electron chi connectivity index (χ2n) is 8.18. The summed E-state index contributed by atoms with van der Waals surface area (Å²) in [4.78, 5) is 12.4. The number of aromatic nitrogens is 3. The third kappa shape index (κ3) is 5.33. The van der Waals surface area contributed by atoms with Crippen molar-refractivity contribution >= 4 is 17.7 Å². The van der Waals surface area contributed by atoms with Crippen LogP contribution in [0.1, 0.15) is 44.1 Å². The molecule has 6 nitrogen and oxygen atoms in total. The molecule has 1 aromatic heterocycles. The Labute approximate surface area is 193 Å². The summed E-state index contributed by atoms with van der Waals surface area (Å²) in [6.07, 6.45) is 6.37. The maximum Gasteiger partial charge on any atom is 0.221 e. The number of thioether (sulfide) groups is 1. The molecular weight excluding hydrogens is 420 g/mol. The molecule has 3 aromatic rings. The third-order valence-corrected chi connectivity index (χ3v) is 6.73. The van der Waals surface area contributed by atoms with Gasteiger partial charge in [0.05, 0.1) is 12.7 Å². The molecule has 32 heavy (non-hydrogen) atoms. The lowest BCUT2D eigenvalue weighted by Gasteiger charge is -2.22. The Morgan fingerprint density at radius 3 is 2.59 bits per heavy atom. The van der Waals surface area contributed by atoms with E-state index in [0.29, 0.717) is 18.2 Å². The minimum atomic E-state index is 0.121. The van der Waals surface area contributed by atoms with Gasteiger partial charge in [0.25, 0.3) is 0 Å². The van der Waals surface area contributed by atoms with Gasteiger partial charge in [-0.2, -0.15) is 0 Å². The van der Waals surface area contributed by atoms with Crippen LogP contribution in [-0.2, 0) is 4.79 Å². The standard InChI is InChI=1S/C25H30N4O2S/c1-18-12-14-20(15-13-18)29-24(21-10-6-7-11-22(21)31-2)27-28-25(29)32-17-16-23(30)26-19-8-4-3-5-9-19/h6-7,10-15,19H,3-5,8-9,16-17H2,1-2H3,(H,26,30). The molecule has 0 unspecified atom stereocenters. The number of hydrogen-bond donors (Lipinski definition) is 1. The average molecular weight is 451 g/mol. The summed E-state index contributed by atoms with van der Waals surface area (Å²) in [7, 11) is 1.66. The van der Waals surface area contributed by atoms with Crippen LogP contribution in [0, 0.1) is 6.92 Å². The zero-order chi connectivity index (χ0) is 22.3. The molecule has 0 aliphatic heterocycles. The summed E-state index contributed by atoms with van der Waals surface area (Å²) in [6.45, 7) is 2.07. The molecule has 7 heteroatoms. The molecule has 0 saturated heterocycles. The van der Waals surface area contributed by atoms with Gasteiger partial charge in [-0.25, -0.2) is 0 Å². The molecule has 1 fully saturated rings. The zero-order valence-electron chi connectivity index (χ0n) is 18.7. The van der Waals surface area contributed by atoms with Crippen LogP contribution in [-0.4, -0.2) is 39.6 Å². The molecule has 0 radical (unpaired) electrons. The van der Waals surface area contributed by atoms with Gasteiger partial charge in [-0.1, -0.05) is 60.9 Å². The second-order valence-corrected chi connectivity index (χ2v) is 9.24. The Bertz CT molecular complexity index is 1040. The highest BCUT2D eigenvalue weighted by Crippen LogP contribution is 2.33. The van der Waals surface area contributed by atoms with Crippen LogP contribution in [0.2, 0.25) is 0 Å². The molecule has 1 amide bonds. The lowest BCUT2D eigenvalue weighted by molar-refractivity contribution is -0.121. The summed E-state index contributed by atoms with van der Waals surface area (Å²) in [5, 5.41) is 12.9. The Morgan fingerprint density at radius 1 is 1.09 bits per heavy atom. The zero-order valence-corrected chi connectivity index (χ0v) is 19.5. The van der Waals surface area contributed by atoms with E-state index >= 15 is 0 Å². The summed E-state index contributed by atoms with van der Waals surface area (Å²) >= 11 is 1.55. The first-order valence-corrected chi connectivity index (χ1v) is 12.2. The van der Waals surface area contributed by atoms with Crippen molar-refractivity contribution in [2.24, 2.45) is 0 Å². The van der Waals surface area contributed by atoms with Crippen LogP contribution >= 0.6 is 11.8 Å². The van der Waals surface area contributed by atoms with E-state index < -0.39 is 0 Å². The van der Waals surface area contributed by atoms with E-state index in [2.05, 4.69) is 46.7 Å². The van der Waals surface area contributed by atoms with Gasteiger partial charge >= 0.3 is 0 Å². The van der Waals surface area contributed by atoms with Crippen molar-refractivity contribution in [3.63, 3.8) is 0 Å². The number of hydrogen-bond acceptors (Lipinski definition) is 5. The van der Waals surface area contributed by atoms with Gasteiger partial charge in [0.1, 0.15) is 5.75 Å². The van der Waals surface area contributed by atoms with Crippen molar-refractivity contribution in [3.05, 3.63) is 54.1 Å². The Balaban J connectivity index is 1.53. The van der Waals surface area contributed by atoms with Gasteiger partial charge in [0.15, 0.2) is 11.0 Å². The molecule has 1 aliphatic rings. The second kappa shape index (κ2) is 10.7. The van der Waals surface area contributed by atoms with Gasteiger partial charge in [0.2, 0.25) is 5.91 Å². The molecular formula is C25H30N4O2S. The van der Waals surface area contributed by atoms with Gasteiger partial charge in [-0.3, -0.25) is 9.36 Å². The molecule has 0 bridgehead atoms. The van der Waals surface area contributed by atoms with Crippen LogP contribution in [0.15, 0.2) is 53.7 Å². The number of nitrogens with one attached hydrogen (secondary N) is 1. The Morgan fingerprint density at radius 2 is 1.84 bits per heavy atom. The third-order valence-electron chi connectivity index (χ3n) is 5.80. The van der Waals surface area contributed by atoms with E-state index in [1.54, 1.807) is 18.9 Å². The normalized spacial score (nSPS) is 14.3. The van der Waals surface area contributed by atoms with Crippen molar-refractivity contribution in [1.29, 1.82) is 0 Å². The largest absolute Gasteiger partial charge is 0.496 e. The number of carbonyl (C=O) groups excluding carboxylic acids is 1. The number of benzene rings is 2. The minimum absolute atomic E-state index is 0.121. The van der Waals surface area contributed by atoms with E-state index in [0.717, 1.165) is 40.8 Å². The molecule has 0 atom stereocenters. The van der Waals surface area contributed by atoms with Crippen LogP contribution in [0.3, 0.4) is 0 Å². The first-order valence-electron chi connectivity index (χ1n) is 11.2. The lowest BCUT2D eigenvalue weighted by atomic mass is 9.95. The number of methoxy groups -OCH3 is 1. The molecule has 168 valence electrons. The van der Waals surface area contributed by atoms with E-state index in [1.165, 1.54) is 24.8 Å². The van der Waals surface area contributed by atoms with Crippen molar-refractivity contribution < 1.29 is 9.53 Å². The Hall–Kier alpha value is -2.80. The van der Waals surface area contributed by atoms with Crippen LogP contribution in [0.25, 0.3) is 17.1 Å². The van der Waals surface area contributed by atoms with E-state index in [9.17, 15) is 4.79 Å². The summed E-state index contributed by atoms with van der Waals surface area (Å²) < 4.78 is 7.61. The number of nitrogens with zero attached hydrogens (tertiary/aromatic N) is 3. The predicted octanol–water partition coefficient (Wildman–Crippen LogP) is 5.18. The lowest BCUT2D eigenvalue weighted by Crippen LogP contribution is -2.36. The SMILES string of the molecule is COc1ccccc1-c1nnc(SCCC(=O)NC2CCCCC2)n1-c1ccc(C)cc1. The molecule has 1 N–H and O–H groups in total. The molecule has 1 heterocycles. The summed E-state index contributed by atoms with van der Waals surface area (Å²) in [5.41, 5.74) is 3.05. The molecule has 1 aliphatic carbocycles. The fourth-order valence-corrected chi connectivity index (χ4v) is 4.97. The van der Waals surface area contributed by atoms with Gasteiger partial charge in [-0.05, 0) is 44.0 Å². The number of aryl methyl sites for hydroxylation is 1. The maximum atomic E-state index is 12.4. The van der Waals surface area contributed by atoms with Gasteiger partial charge in [-0.15, -0.1) is 10.2 Å².